The molecule has 0 aliphatic carbocycles. The molecule has 2 fully saturated rings. The van der Waals surface area contributed by atoms with Gasteiger partial charge in [0.05, 0.1) is 25.7 Å². The van der Waals surface area contributed by atoms with Gasteiger partial charge >= 0.3 is 0 Å². The second kappa shape index (κ2) is 8.71. The van der Waals surface area contributed by atoms with Gasteiger partial charge < -0.3 is 14.4 Å². The lowest BCUT2D eigenvalue weighted by molar-refractivity contribution is -0.187. The van der Waals surface area contributed by atoms with E-state index in [1.807, 2.05) is 17.0 Å². The molecule has 0 N–H and O–H groups in total. The summed E-state index contributed by atoms with van der Waals surface area (Å²) in [6.07, 6.45) is 1.37. The molecule has 1 unspecified atom stereocenters. The number of ether oxygens (including phenoxy) is 2. The van der Waals surface area contributed by atoms with Gasteiger partial charge in [0.1, 0.15) is 11.0 Å². The highest BCUT2D eigenvalue weighted by atomic mass is 35.5. The first-order valence-corrected chi connectivity index (χ1v) is 12.3. The van der Waals surface area contributed by atoms with Gasteiger partial charge in [-0.2, -0.15) is 0 Å². The van der Waals surface area contributed by atoms with Crippen molar-refractivity contribution in [3.63, 3.8) is 0 Å². The molecule has 8 nitrogen and oxygen atoms in total. The quantitative estimate of drug-likeness (QED) is 0.483. The molecule has 2 aromatic heterocycles. The van der Waals surface area contributed by atoms with E-state index < -0.39 is 11.8 Å². The average Bonchev–Trinajstić information content (AvgIpc) is 3.41. The number of aromatic nitrogens is 2. The Labute approximate surface area is 211 Å². The van der Waals surface area contributed by atoms with Gasteiger partial charge in [-0.3, -0.25) is 14.5 Å². The SMILES string of the molecule is O=C(CC1c2cc(Cl)ccc2C(=O)N1c1ccc2ccc(Cl)nc2n1)N1CCC2(CC1)OCCO2. The predicted octanol–water partition coefficient (Wildman–Crippen LogP) is 4.39. The number of hydrogen-bond acceptors (Lipinski definition) is 6. The van der Waals surface area contributed by atoms with Crippen LogP contribution in [0.2, 0.25) is 10.2 Å². The van der Waals surface area contributed by atoms with Crippen molar-refractivity contribution in [2.75, 3.05) is 31.2 Å². The predicted molar refractivity (Wildman–Crippen MR) is 131 cm³/mol. The largest absolute Gasteiger partial charge is 0.347 e. The number of amides is 2. The molecular weight excluding hydrogens is 491 g/mol. The van der Waals surface area contributed by atoms with Crippen LogP contribution in [0.4, 0.5) is 5.82 Å². The van der Waals surface area contributed by atoms with Gasteiger partial charge in [-0.1, -0.05) is 23.2 Å². The minimum absolute atomic E-state index is 0.0459. The Morgan fingerprint density at radius 3 is 2.54 bits per heavy atom. The maximum atomic E-state index is 13.5. The minimum atomic E-state index is -0.560. The molecule has 3 aliphatic heterocycles. The molecule has 2 amide bonds. The number of piperidine rings is 1. The van der Waals surface area contributed by atoms with Crippen molar-refractivity contribution in [1.82, 2.24) is 14.9 Å². The fraction of sp³-hybridized carbons (Fsp3) is 0.360. The number of carbonyl (C=O) groups excluding carboxylic acids is 2. The van der Waals surface area contributed by atoms with Crippen molar-refractivity contribution in [1.29, 1.82) is 0 Å². The van der Waals surface area contributed by atoms with E-state index in [1.54, 1.807) is 35.2 Å². The summed E-state index contributed by atoms with van der Waals surface area (Å²) in [4.78, 5) is 39.2. The van der Waals surface area contributed by atoms with Crippen molar-refractivity contribution < 1.29 is 19.1 Å². The summed E-state index contributed by atoms with van der Waals surface area (Å²) < 4.78 is 11.6. The first-order chi connectivity index (χ1) is 16.9. The van der Waals surface area contributed by atoms with E-state index in [1.165, 1.54) is 0 Å². The summed E-state index contributed by atoms with van der Waals surface area (Å²) in [6, 6.07) is 11.7. The van der Waals surface area contributed by atoms with Gasteiger partial charge in [0.2, 0.25) is 5.91 Å². The van der Waals surface area contributed by atoms with Gasteiger partial charge in [0.15, 0.2) is 11.4 Å². The Morgan fingerprint density at radius 2 is 1.77 bits per heavy atom. The Bertz CT molecular complexity index is 1330. The van der Waals surface area contributed by atoms with Crippen LogP contribution in [0.3, 0.4) is 0 Å². The maximum Gasteiger partial charge on any atom is 0.260 e. The number of rotatable bonds is 3. The second-order valence-electron chi connectivity index (χ2n) is 8.97. The molecule has 6 rings (SSSR count). The van der Waals surface area contributed by atoms with Crippen LogP contribution in [0.1, 0.15) is 41.2 Å². The normalized spacial score (nSPS) is 21.2. The lowest BCUT2D eigenvalue weighted by Crippen LogP contribution is -2.48. The number of fused-ring (bicyclic) bond motifs is 2. The first-order valence-electron chi connectivity index (χ1n) is 11.5. The highest BCUT2D eigenvalue weighted by molar-refractivity contribution is 6.31. The molecule has 0 saturated carbocycles. The summed E-state index contributed by atoms with van der Waals surface area (Å²) >= 11 is 12.4. The molecule has 5 heterocycles. The molecule has 1 spiro atoms. The molecule has 0 radical (unpaired) electrons. The average molecular weight is 513 g/mol. The summed E-state index contributed by atoms with van der Waals surface area (Å²) in [5.41, 5.74) is 1.66. The van der Waals surface area contributed by atoms with Crippen molar-refractivity contribution >= 4 is 51.9 Å². The van der Waals surface area contributed by atoms with E-state index in [4.69, 9.17) is 32.7 Å². The van der Waals surface area contributed by atoms with Gasteiger partial charge in [-0.15, -0.1) is 0 Å². The molecule has 2 saturated heterocycles. The smallest absolute Gasteiger partial charge is 0.260 e. The van der Waals surface area contributed by atoms with Crippen LogP contribution in [0.25, 0.3) is 11.0 Å². The van der Waals surface area contributed by atoms with Crippen molar-refractivity contribution in [2.24, 2.45) is 0 Å². The molecule has 10 heteroatoms. The van der Waals surface area contributed by atoms with Crippen LogP contribution in [0.15, 0.2) is 42.5 Å². The second-order valence-corrected chi connectivity index (χ2v) is 9.79. The first kappa shape index (κ1) is 22.7. The van der Waals surface area contributed by atoms with Crippen LogP contribution in [0, 0.1) is 0 Å². The van der Waals surface area contributed by atoms with Crippen LogP contribution < -0.4 is 4.90 Å². The number of benzene rings is 1. The maximum absolute atomic E-state index is 13.5. The zero-order valence-corrected chi connectivity index (χ0v) is 20.3. The third kappa shape index (κ3) is 4.04. The lowest BCUT2D eigenvalue weighted by atomic mass is 9.99. The number of halogens is 2. The van der Waals surface area contributed by atoms with E-state index in [-0.39, 0.29) is 18.2 Å². The Kier molecular flexibility index (Phi) is 5.64. The summed E-state index contributed by atoms with van der Waals surface area (Å²) in [5, 5.41) is 1.62. The van der Waals surface area contributed by atoms with Gasteiger partial charge in [-0.25, -0.2) is 9.97 Å². The van der Waals surface area contributed by atoms with E-state index in [0.29, 0.717) is 71.9 Å². The third-order valence-corrected chi connectivity index (χ3v) is 7.39. The molecule has 3 aromatic rings. The number of hydrogen-bond donors (Lipinski definition) is 0. The molecule has 35 heavy (non-hydrogen) atoms. The number of anilines is 1. The van der Waals surface area contributed by atoms with Crippen molar-refractivity contribution in [3.8, 4) is 0 Å². The fourth-order valence-corrected chi connectivity index (χ4v) is 5.48. The van der Waals surface area contributed by atoms with Crippen LogP contribution >= 0.6 is 23.2 Å². The van der Waals surface area contributed by atoms with Crippen molar-refractivity contribution in [3.05, 3.63) is 63.8 Å². The fourth-order valence-electron chi connectivity index (χ4n) is 5.16. The molecule has 180 valence electrons. The van der Waals surface area contributed by atoms with Crippen LogP contribution in [-0.4, -0.2) is 58.8 Å². The topological polar surface area (TPSA) is 84.9 Å². The monoisotopic (exact) mass is 512 g/mol. The van der Waals surface area contributed by atoms with E-state index in [0.717, 1.165) is 5.39 Å². The van der Waals surface area contributed by atoms with Crippen molar-refractivity contribution in [2.45, 2.75) is 31.1 Å². The zero-order chi connectivity index (χ0) is 24.2. The van der Waals surface area contributed by atoms with E-state index >= 15 is 0 Å². The van der Waals surface area contributed by atoms with Gasteiger partial charge in [0.25, 0.3) is 5.91 Å². The highest BCUT2D eigenvalue weighted by Gasteiger charge is 2.43. The summed E-state index contributed by atoms with van der Waals surface area (Å²) in [5.74, 6) is -0.424. The standard InChI is InChI=1S/C25H22Cl2N4O4/c26-16-3-4-17-18(13-16)19(14-22(32)30-9-7-25(8-10-30)34-11-12-35-25)31(24(17)33)21-6-2-15-1-5-20(27)28-23(15)29-21/h1-6,13,19H,7-12,14H2. The van der Waals surface area contributed by atoms with Crippen LogP contribution in [0.5, 0.6) is 0 Å². The number of likely N-dealkylation sites (tertiary alicyclic amines) is 1. The highest BCUT2D eigenvalue weighted by Crippen LogP contribution is 2.41. The lowest BCUT2D eigenvalue weighted by Gasteiger charge is -2.38. The molecule has 0 bridgehead atoms. The number of pyridine rings is 2. The Morgan fingerprint density at radius 1 is 1.03 bits per heavy atom. The summed E-state index contributed by atoms with van der Waals surface area (Å²) in [7, 11) is 0. The third-order valence-electron chi connectivity index (χ3n) is 6.94. The van der Waals surface area contributed by atoms with Gasteiger partial charge in [-0.05, 0) is 48.0 Å². The molecular formula is C25H22Cl2N4O4. The molecule has 3 aliphatic rings. The van der Waals surface area contributed by atoms with Crippen LogP contribution in [-0.2, 0) is 14.3 Å². The molecule has 1 atom stereocenters. The van der Waals surface area contributed by atoms with E-state index in [9.17, 15) is 9.59 Å². The zero-order valence-electron chi connectivity index (χ0n) is 18.7. The molecule has 1 aromatic carbocycles. The minimum Gasteiger partial charge on any atom is -0.347 e. The van der Waals surface area contributed by atoms with E-state index in [2.05, 4.69) is 9.97 Å². The Hall–Kier alpha value is -2.78. The summed E-state index contributed by atoms with van der Waals surface area (Å²) in [6.45, 7) is 2.25. The van der Waals surface area contributed by atoms with Gasteiger partial charge in [0, 0.05) is 41.9 Å². The Balaban J connectivity index is 1.31. The number of carbonyl (C=O) groups is 2. The number of nitrogens with zero attached hydrogens (tertiary/aromatic N) is 4.